The number of ether oxygens (including phenoxy) is 2. The van der Waals surface area contributed by atoms with Gasteiger partial charge in [0.2, 0.25) is 0 Å². The van der Waals surface area contributed by atoms with Crippen molar-refractivity contribution in [3.63, 3.8) is 0 Å². The van der Waals surface area contributed by atoms with E-state index < -0.39 is 0 Å². The smallest absolute Gasteiger partial charge is 0.161 e. The zero-order chi connectivity index (χ0) is 15.2. The molecule has 0 spiro atoms. The van der Waals surface area contributed by atoms with Crippen LogP contribution in [-0.2, 0) is 13.0 Å². The number of hydrogen-bond donors (Lipinski definition) is 1. The molecule has 0 aliphatic rings. The molecule has 0 amide bonds. The average molecular weight is 290 g/mol. The van der Waals surface area contributed by atoms with Crippen LogP contribution >= 0.6 is 0 Å². The van der Waals surface area contributed by atoms with Crippen LogP contribution < -0.4 is 15.2 Å². The van der Waals surface area contributed by atoms with E-state index in [0.29, 0.717) is 17.1 Å². The van der Waals surface area contributed by atoms with Crippen LogP contribution in [0.5, 0.6) is 11.5 Å². The van der Waals surface area contributed by atoms with Gasteiger partial charge >= 0.3 is 0 Å². The van der Waals surface area contributed by atoms with Crippen LogP contribution in [0.3, 0.4) is 0 Å². The van der Waals surface area contributed by atoms with E-state index in [1.807, 2.05) is 25.1 Å². The molecular formula is C16H19FN2O2. The second-order valence-electron chi connectivity index (χ2n) is 4.97. The summed E-state index contributed by atoms with van der Waals surface area (Å²) in [5.41, 5.74) is 7.54. The molecule has 2 N–H and O–H groups in total. The van der Waals surface area contributed by atoms with Crippen molar-refractivity contribution in [3.05, 3.63) is 53.6 Å². The van der Waals surface area contributed by atoms with Gasteiger partial charge in [0, 0.05) is 17.8 Å². The summed E-state index contributed by atoms with van der Waals surface area (Å²) in [5, 5.41) is 0. The molecule has 0 radical (unpaired) electrons. The van der Waals surface area contributed by atoms with E-state index in [1.165, 1.54) is 6.07 Å². The van der Waals surface area contributed by atoms with Gasteiger partial charge in [-0.25, -0.2) is 4.39 Å². The lowest BCUT2D eigenvalue weighted by atomic mass is 10.1. The zero-order valence-corrected chi connectivity index (χ0v) is 12.2. The minimum atomic E-state index is -0.379. The highest BCUT2D eigenvalue weighted by Gasteiger charge is 2.08. The summed E-state index contributed by atoms with van der Waals surface area (Å²) in [4.78, 5) is 3.79. The summed E-state index contributed by atoms with van der Waals surface area (Å²) in [7, 11) is 1.58. The van der Waals surface area contributed by atoms with Gasteiger partial charge in [-0.3, -0.25) is 4.98 Å². The molecular weight excluding hydrogens is 271 g/mol. The lowest BCUT2D eigenvalue weighted by molar-refractivity contribution is 0.283. The predicted octanol–water partition coefficient (Wildman–Crippen LogP) is 2.70. The summed E-state index contributed by atoms with van der Waals surface area (Å²) in [5.74, 6) is 0.864. The Morgan fingerprint density at radius 1 is 1.19 bits per heavy atom. The lowest BCUT2D eigenvalue weighted by Crippen LogP contribution is -2.17. The van der Waals surface area contributed by atoms with E-state index >= 15 is 0 Å². The van der Waals surface area contributed by atoms with Crippen molar-refractivity contribution in [1.29, 1.82) is 0 Å². The summed E-state index contributed by atoms with van der Waals surface area (Å²) >= 11 is 0. The third-order valence-electron chi connectivity index (χ3n) is 2.94. The van der Waals surface area contributed by atoms with Gasteiger partial charge in [0.1, 0.15) is 12.4 Å². The maximum Gasteiger partial charge on any atom is 0.161 e. The van der Waals surface area contributed by atoms with Crippen LogP contribution in [0, 0.1) is 5.82 Å². The molecule has 2 rings (SSSR count). The van der Waals surface area contributed by atoms with Crippen LogP contribution in [0.1, 0.15) is 18.1 Å². The first-order valence-electron chi connectivity index (χ1n) is 6.73. The monoisotopic (exact) mass is 290 g/mol. The summed E-state index contributed by atoms with van der Waals surface area (Å²) in [6.07, 6.45) is 3.50. The molecule has 0 aliphatic heterocycles. The van der Waals surface area contributed by atoms with Crippen LogP contribution in [0.25, 0.3) is 0 Å². The van der Waals surface area contributed by atoms with Crippen molar-refractivity contribution in [3.8, 4) is 11.5 Å². The SMILES string of the molecule is COc1cc(CC(C)N)ccc1OCc1cncc(F)c1. The van der Waals surface area contributed by atoms with Gasteiger partial charge in [-0.05, 0) is 37.1 Å². The highest BCUT2D eigenvalue weighted by atomic mass is 19.1. The van der Waals surface area contributed by atoms with E-state index in [2.05, 4.69) is 4.98 Å². The number of nitrogens with zero attached hydrogens (tertiary/aromatic N) is 1. The fraction of sp³-hybridized carbons (Fsp3) is 0.312. The van der Waals surface area contributed by atoms with Crippen molar-refractivity contribution < 1.29 is 13.9 Å². The standard InChI is InChI=1S/C16H19FN2O2/c1-11(18)5-12-3-4-15(16(7-12)20-2)21-10-13-6-14(17)9-19-8-13/h3-4,6-9,11H,5,10,18H2,1-2H3. The molecule has 4 nitrogen and oxygen atoms in total. The average Bonchev–Trinajstić information content (AvgIpc) is 2.45. The number of hydrogen-bond acceptors (Lipinski definition) is 4. The van der Waals surface area contributed by atoms with Gasteiger partial charge in [0.05, 0.1) is 13.3 Å². The molecule has 1 aromatic carbocycles. The Labute approximate surface area is 123 Å². The summed E-state index contributed by atoms with van der Waals surface area (Å²) < 4.78 is 24.0. The van der Waals surface area contributed by atoms with Crippen molar-refractivity contribution in [2.75, 3.05) is 7.11 Å². The topological polar surface area (TPSA) is 57.4 Å². The van der Waals surface area contributed by atoms with E-state index in [-0.39, 0.29) is 18.5 Å². The Morgan fingerprint density at radius 2 is 2.00 bits per heavy atom. The zero-order valence-electron chi connectivity index (χ0n) is 12.2. The molecule has 0 saturated heterocycles. The normalized spacial score (nSPS) is 12.0. The number of pyridine rings is 1. The van der Waals surface area contributed by atoms with E-state index in [0.717, 1.165) is 18.2 Å². The van der Waals surface area contributed by atoms with Crippen LogP contribution in [0.2, 0.25) is 0 Å². The molecule has 0 bridgehead atoms. The second-order valence-corrected chi connectivity index (χ2v) is 4.97. The van der Waals surface area contributed by atoms with E-state index in [9.17, 15) is 4.39 Å². The molecule has 2 aromatic rings. The van der Waals surface area contributed by atoms with Gasteiger partial charge in [0.15, 0.2) is 11.5 Å². The minimum Gasteiger partial charge on any atom is -0.493 e. The van der Waals surface area contributed by atoms with Crippen molar-refractivity contribution in [2.45, 2.75) is 26.0 Å². The van der Waals surface area contributed by atoms with Crippen molar-refractivity contribution in [2.24, 2.45) is 5.73 Å². The molecule has 1 unspecified atom stereocenters. The van der Waals surface area contributed by atoms with Gasteiger partial charge in [-0.1, -0.05) is 6.07 Å². The Hall–Kier alpha value is -2.14. The largest absolute Gasteiger partial charge is 0.493 e. The second kappa shape index (κ2) is 7.04. The maximum atomic E-state index is 13.1. The number of methoxy groups -OCH3 is 1. The number of aromatic nitrogens is 1. The van der Waals surface area contributed by atoms with Gasteiger partial charge in [0.25, 0.3) is 0 Å². The first kappa shape index (κ1) is 15.3. The molecule has 0 aliphatic carbocycles. The van der Waals surface area contributed by atoms with Crippen LogP contribution in [0.4, 0.5) is 4.39 Å². The third-order valence-corrected chi connectivity index (χ3v) is 2.94. The fourth-order valence-corrected chi connectivity index (χ4v) is 2.03. The van der Waals surface area contributed by atoms with Gasteiger partial charge in [-0.2, -0.15) is 0 Å². The summed E-state index contributed by atoms with van der Waals surface area (Å²) in [6, 6.07) is 7.17. The highest BCUT2D eigenvalue weighted by Crippen LogP contribution is 2.29. The third kappa shape index (κ3) is 4.43. The molecule has 5 heteroatoms. The Bertz CT molecular complexity index is 603. The number of nitrogens with two attached hydrogens (primary N) is 1. The Kier molecular flexibility index (Phi) is 5.11. The van der Waals surface area contributed by atoms with Gasteiger partial charge < -0.3 is 15.2 Å². The van der Waals surface area contributed by atoms with Crippen LogP contribution in [-0.4, -0.2) is 18.1 Å². The summed E-state index contributed by atoms with van der Waals surface area (Å²) in [6.45, 7) is 2.18. The predicted molar refractivity (Wildman–Crippen MR) is 78.9 cm³/mol. The Morgan fingerprint density at radius 3 is 2.67 bits per heavy atom. The first-order chi connectivity index (χ1) is 10.1. The van der Waals surface area contributed by atoms with Crippen LogP contribution in [0.15, 0.2) is 36.7 Å². The first-order valence-corrected chi connectivity index (χ1v) is 6.73. The quantitative estimate of drug-likeness (QED) is 0.888. The molecule has 21 heavy (non-hydrogen) atoms. The minimum absolute atomic E-state index is 0.0832. The maximum absolute atomic E-state index is 13.1. The van der Waals surface area contributed by atoms with Crippen molar-refractivity contribution >= 4 is 0 Å². The molecule has 1 heterocycles. The van der Waals surface area contributed by atoms with E-state index in [1.54, 1.807) is 13.3 Å². The molecule has 0 fully saturated rings. The molecule has 1 atom stereocenters. The van der Waals surface area contributed by atoms with Crippen molar-refractivity contribution in [1.82, 2.24) is 4.98 Å². The highest BCUT2D eigenvalue weighted by molar-refractivity contribution is 5.43. The number of halogens is 1. The molecule has 0 saturated carbocycles. The molecule has 112 valence electrons. The molecule has 1 aromatic heterocycles. The number of benzene rings is 1. The fourth-order valence-electron chi connectivity index (χ4n) is 2.03. The number of rotatable bonds is 6. The Balaban J connectivity index is 2.09. The van der Waals surface area contributed by atoms with Gasteiger partial charge in [-0.15, -0.1) is 0 Å². The van der Waals surface area contributed by atoms with E-state index in [4.69, 9.17) is 15.2 Å². The lowest BCUT2D eigenvalue weighted by Gasteiger charge is -2.13.